The predicted molar refractivity (Wildman–Crippen MR) is 35.5 cm³/mol. The van der Waals surface area contributed by atoms with Crippen molar-refractivity contribution in [2.45, 2.75) is 19.8 Å². The minimum atomic E-state index is -3.32. The third-order valence-electron chi connectivity index (χ3n) is 0.726. The topological polar surface area (TPSA) is 49.4 Å². The SMILES string of the molecule is CCCCOS(=O)([O-])=[Se].[K+]. The van der Waals surface area contributed by atoms with Crippen molar-refractivity contribution in [3.8, 4) is 0 Å². The van der Waals surface area contributed by atoms with E-state index >= 15 is 0 Å². The molecule has 6 heteroatoms. The molecule has 0 aliphatic heterocycles. The summed E-state index contributed by atoms with van der Waals surface area (Å²) in [6.45, 7) is 2.25. The van der Waals surface area contributed by atoms with Gasteiger partial charge in [-0.25, -0.2) is 0 Å². The summed E-state index contributed by atoms with van der Waals surface area (Å²) < 4.78 is 24.8. The molecule has 0 aromatic heterocycles. The van der Waals surface area contributed by atoms with Crippen molar-refractivity contribution in [2.75, 3.05) is 6.61 Å². The molecule has 0 radical (unpaired) electrons. The fraction of sp³-hybridized carbons (Fsp3) is 1.00. The van der Waals surface area contributed by atoms with Gasteiger partial charge in [0.2, 0.25) is 0 Å². The molecule has 0 amide bonds. The number of rotatable bonds is 4. The summed E-state index contributed by atoms with van der Waals surface area (Å²) in [5.41, 5.74) is 0. The molecule has 3 nitrogen and oxygen atoms in total. The van der Waals surface area contributed by atoms with Crippen LogP contribution >= 0.6 is 0 Å². The summed E-state index contributed by atoms with van der Waals surface area (Å²) in [6, 6.07) is 0. The Morgan fingerprint density at radius 2 is 2.20 bits per heavy atom. The van der Waals surface area contributed by atoms with E-state index in [0.29, 0.717) is 0 Å². The van der Waals surface area contributed by atoms with E-state index in [1.54, 1.807) is 0 Å². The van der Waals surface area contributed by atoms with E-state index in [2.05, 4.69) is 4.18 Å². The van der Waals surface area contributed by atoms with Crippen LogP contribution in [0.3, 0.4) is 0 Å². The van der Waals surface area contributed by atoms with Crippen LogP contribution in [0.2, 0.25) is 0 Å². The predicted octanol–water partition coefficient (Wildman–Crippen LogP) is -2.78. The molecule has 0 aromatic rings. The van der Waals surface area contributed by atoms with Crippen LogP contribution in [0.25, 0.3) is 0 Å². The van der Waals surface area contributed by atoms with Crippen molar-refractivity contribution in [3.05, 3.63) is 0 Å². The maximum atomic E-state index is 10.2. The second-order valence-electron chi connectivity index (χ2n) is 1.58. The van der Waals surface area contributed by atoms with Gasteiger partial charge in [0.15, 0.2) is 0 Å². The van der Waals surface area contributed by atoms with E-state index in [0.717, 1.165) is 12.8 Å². The Balaban J connectivity index is 0. The molecule has 0 bridgehead atoms. The van der Waals surface area contributed by atoms with Crippen molar-refractivity contribution in [3.63, 3.8) is 0 Å². The van der Waals surface area contributed by atoms with Gasteiger partial charge < -0.3 is 0 Å². The summed E-state index contributed by atoms with van der Waals surface area (Å²) >= 11 is 1.93. The molecule has 0 aliphatic rings. The van der Waals surface area contributed by atoms with Crippen LogP contribution in [0.5, 0.6) is 0 Å². The first-order chi connectivity index (χ1) is 4.06. The van der Waals surface area contributed by atoms with Crippen LogP contribution in [0.1, 0.15) is 19.8 Å². The Hall–Kier alpha value is 2.23. The van der Waals surface area contributed by atoms with Crippen molar-refractivity contribution < 1.29 is 64.3 Å². The van der Waals surface area contributed by atoms with Gasteiger partial charge in [0, 0.05) is 0 Å². The molecular formula is C4H9KO3SSe. The maximum absolute atomic E-state index is 10.2. The molecule has 0 fully saturated rings. The first-order valence-electron chi connectivity index (χ1n) is 2.66. The molecule has 0 aromatic carbocycles. The molecule has 0 rings (SSSR count). The smallest absolute Gasteiger partial charge is 1.00 e. The van der Waals surface area contributed by atoms with Gasteiger partial charge in [-0.15, -0.1) is 0 Å². The Morgan fingerprint density at radius 3 is 2.50 bits per heavy atom. The molecule has 0 saturated heterocycles. The summed E-state index contributed by atoms with van der Waals surface area (Å²) in [6.07, 6.45) is 1.72. The Labute approximate surface area is 111 Å². The van der Waals surface area contributed by atoms with Crippen LogP contribution in [-0.4, -0.2) is 29.8 Å². The second-order valence-corrected chi connectivity index (χ2v) is 5.21. The Morgan fingerprint density at radius 1 is 1.70 bits per heavy atom. The molecule has 0 heterocycles. The fourth-order valence-corrected chi connectivity index (χ4v) is 1.06. The van der Waals surface area contributed by atoms with E-state index in [-0.39, 0.29) is 58.0 Å². The number of hydrogen-bond acceptors (Lipinski definition) is 3. The minimum absolute atomic E-state index is 0. The van der Waals surface area contributed by atoms with E-state index in [1.165, 1.54) is 0 Å². The molecule has 1 unspecified atom stereocenters. The van der Waals surface area contributed by atoms with Crippen LogP contribution in [-0.2, 0) is 12.6 Å². The third-order valence-corrected chi connectivity index (χ3v) is 1.79. The quantitative estimate of drug-likeness (QED) is 0.403. The molecule has 0 spiro atoms. The van der Waals surface area contributed by atoms with Crippen molar-refractivity contribution in [1.82, 2.24) is 0 Å². The molecule has 0 N–H and O–H groups in total. The van der Waals surface area contributed by atoms with Crippen LogP contribution in [0, 0.1) is 0 Å². The standard InChI is InChI=1S/C4H10O3SSe.K/c1-2-3-4-7-8(5,6)9;/h2-4H2,1H3,(H,5,6,9);/q;+1/p-1. The average Bonchev–Trinajstić information content (AvgIpc) is 1.63. The van der Waals surface area contributed by atoms with Gasteiger partial charge in [0.25, 0.3) is 0 Å². The van der Waals surface area contributed by atoms with Crippen LogP contribution < -0.4 is 51.4 Å². The first-order valence-corrected chi connectivity index (χ1v) is 6.09. The molecule has 0 saturated carbocycles. The first kappa shape index (κ1) is 14.7. The normalized spacial score (nSPS) is 15.4. The Bertz CT molecular complexity index is 156. The molecular weight excluding hydrogens is 246 g/mol. The fourth-order valence-electron chi connectivity index (χ4n) is 0.305. The van der Waals surface area contributed by atoms with Crippen molar-refractivity contribution in [2.24, 2.45) is 0 Å². The largest absolute Gasteiger partial charge is 1.00 e. The minimum Gasteiger partial charge on any atom is 1.00 e. The summed E-state index contributed by atoms with van der Waals surface area (Å²) in [4.78, 5) is 0. The molecule has 1 atom stereocenters. The van der Waals surface area contributed by atoms with E-state index in [1.807, 2.05) is 21.3 Å². The van der Waals surface area contributed by atoms with Gasteiger partial charge >= 0.3 is 114 Å². The van der Waals surface area contributed by atoms with Crippen molar-refractivity contribution >= 4 is 22.8 Å². The van der Waals surface area contributed by atoms with E-state index in [4.69, 9.17) is 0 Å². The average molecular weight is 255 g/mol. The Kier molecular flexibility index (Phi) is 11.6. The van der Waals surface area contributed by atoms with Crippen LogP contribution in [0.15, 0.2) is 0 Å². The monoisotopic (exact) mass is 256 g/mol. The summed E-state index contributed by atoms with van der Waals surface area (Å²) in [7, 11) is -3.32. The van der Waals surface area contributed by atoms with Crippen LogP contribution in [0.4, 0.5) is 0 Å². The van der Waals surface area contributed by atoms with Gasteiger partial charge in [-0.05, 0) is 0 Å². The van der Waals surface area contributed by atoms with Gasteiger partial charge in [-0.1, -0.05) is 0 Å². The van der Waals surface area contributed by atoms with Gasteiger partial charge in [0.1, 0.15) is 0 Å². The zero-order chi connectivity index (χ0) is 7.33. The number of unbranched alkanes of at least 4 members (excludes halogenated alkanes) is 1. The third kappa shape index (κ3) is 12.9. The van der Waals surface area contributed by atoms with E-state index in [9.17, 15) is 8.76 Å². The van der Waals surface area contributed by atoms with Gasteiger partial charge in [0.05, 0.1) is 0 Å². The van der Waals surface area contributed by atoms with Gasteiger partial charge in [-0.2, -0.15) is 0 Å². The zero-order valence-corrected chi connectivity index (χ0v) is 11.8. The molecule has 10 heavy (non-hydrogen) atoms. The molecule has 0 aliphatic carbocycles. The van der Waals surface area contributed by atoms with E-state index < -0.39 is 8.42 Å². The van der Waals surface area contributed by atoms with Gasteiger partial charge in [-0.3, -0.25) is 0 Å². The summed E-state index contributed by atoms with van der Waals surface area (Å²) in [5, 5.41) is 0. The number of hydrogen-bond donors (Lipinski definition) is 0. The maximum Gasteiger partial charge on any atom is 1.00 e. The second kappa shape index (κ2) is 7.85. The zero-order valence-electron chi connectivity index (χ0n) is 6.16. The summed E-state index contributed by atoms with van der Waals surface area (Å²) in [5.74, 6) is 0. The van der Waals surface area contributed by atoms with Crippen molar-refractivity contribution in [1.29, 1.82) is 0 Å². The molecule has 56 valence electrons.